The minimum absolute atomic E-state index is 0.0661. The van der Waals surface area contributed by atoms with Crippen molar-refractivity contribution in [2.24, 2.45) is 0 Å². The number of carbonyl (C=O) groups excluding carboxylic acids is 1. The molecule has 4 nitrogen and oxygen atoms in total. The van der Waals surface area contributed by atoms with Gasteiger partial charge in [-0.3, -0.25) is 9.69 Å². The predicted molar refractivity (Wildman–Crippen MR) is 59.1 cm³/mol. The molecule has 1 aliphatic heterocycles. The summed E-state index contributed by atoms with van der Waals surface area (Å²) in [7, 11) is 0. The molecule has 0 saturated carbocycles. The van der Waals surface area contributed by atoms with E-state index in [4.69, 9.17) is 9.15 Å². The smallest absolute Gasteiger partial charge is 0.131 e. The molecule has 1 aliphatic rings. The third-order valence-corrected chi connectivity index (χ3v) is 2.84. The molecule has 0 amide bonds. The Morgan fingerprint density at radius 2 is 2.25 bits per heavy atom. The molecule has 0 radical (unpaired) electrons. The van der Waals surface area contributed by atoms with E-state index in [1.54, 1.807) is 13.2 Å². The summed E-state index contributed by atoms with van der Waals surface area (Å²) in [5.74, 6) is 1.06. The fourth-order valence-electron chi connectivity index (χ4n) is 2.05. The number of hydrogen-bond donors (Lipinski definition) is 0. The molecular weight excluding hydrogens is 206 g/mol. The summed E-state index contributed by atoms with van der Waals surface area (Å²) in [6, 6.07) is 3.86. The first-order valence-corrected chi connectivity index (χ1v) is 5.62. The SMILES string of the molecule is CC(=O)CC(c1ccco1)N1CCOCC1. The van der Waals surface area contributed by atoms with Gasteiger partial charge in [0.15, 0.2) is 0 Å². The van der Waals surface area contributed by atoms with E-state index >= 15 is 0 Å². The van der Waals surface area contributed by atoms with Gasteiger partial charge >= 0.3 is 0 Å². The lowest BCUT2D eigenvalue weighted by Crippen LogP contribution is -2.39. The Labute approximate surface area is 95.2 Å². The molecule has 0 spiro atoms. The molecule has 1 aromatic heterocycles. The Bertz CT molecular complexity index is 328. The van der Waals surface area contributed by atoms with Crippen LogP contribution in [-0.4, -0.2) is 37.0 Å². The molecule has 4 heteroatoms. The van der Waals surface area contributed by atoms with E-state index in [0.29, 0.717) is 6.42 Å². The second-order valence-corrected chi connectivity index (χ2v) is 4.09. The van der Waals surface area contributed by atoms with Crippen molar-refractivity contribution in [3.8, 4) is 0 Å². The van der Waals surface area contributed by atoms with Crippen LogP contribution in [0.25, 0.3) is 0 Å². The van der Waals surface area contributed by atoms with Crippen molar-refractivity contribution < 1.29 is 13.9 Å². The molecule has 2 heterocycles. The van der Waals surface area contributed by atoms with E-state index in [0.717, 1.165) is 32.1 Å². The molecule has 1 unspecified atom stereocenters. The average Bonchev–Trinajstić information content (AvgIpc) is 2.80. The highest BCUT2D eigenvalue weighted by molar-refractivity contribution is 5.76. The molecule has 1 aromatic rings. The zero-order chi connectivity index (χ0) is 11.4. The number of furan rings is 1. The summed E-state index contributed by atoms with van der Waals surface area (Å²) in [5.41, 5.74) is 0. The van der Waals surface area contributed by atoms with Gasteiger partial charge in [0, 0.05) is 19.5 Å². The molecule has 1 saturated heterocycles. The molecule has 88 valence electrons. The summed E-state index contributed by atoms with van der Waals surface area (Å²) >= 11 is 0. The van der Waals surface area contributed by atoms with Crippen LogP contribution in [0.15, 0.2) is 22.8 Å². The Kier molecular flexibility index (Phi) is 3.74. The summed E-state index contributed by atoms with van der Waals surface area (Å²) < 4.78 is 10.7. The molecule has 0 bridgehead atoms. The van der Waals surface area contributed by atoms with Gasteiger partial charge in [0.05, 0.1) is 25.5 Å². The number of ketones is 1. The van der Waals surface area contributed by atoms with Gasteiger partial charge in [0.25, 0.3) is 0 Å². The van der Waals surface area contributed by atoms with Gasteiger partial charge in [-0.2, -0.15) is 0 Å². The molecule has 0 N–H and O–H groups in total. The lowest BCUT2D eigenvalue weighted by atomic mass is 10.1. The average molecular weight is 223 g/mol. The second-order valence-electron chi connectivity index (χ2n) is 4.09. The highest BCUT2D eigenvalue weighted by atomic mass is 16.5. The molecule has 1 atom stereocenters. The molecule has 0 aliphatic carbocycles. The maximum absolute atomic E-state index is 11.3. The van der Waals surface area contributed by atoms with Crippen LogP contribution in [-0.2, 0) is 9.53 Å². The maximum Gasteiger partial charge on any atom is 0.131 e. The Hall–Kier alpha value is -1.13. The molecule has 16 heavy (non-hydrogen) atoms. The van der Waals surface area contributed by atoms with Crippen molar-refractivity contribution in [1.82, 2.24) is 4.90 Å². The van der Waals surface area contributed by atoms with Crippen molar-refractivity contribution in [2.75, 3.05) is 26.3 Å². The lowest BCUT2D eigenvalue weighted by molar-refractivity contribution is -0.119. The van der Waals surface area contributed by atoms with Crippen LogP contribution in [0, 0.1) is 0 Å². The van der Waals surface area contributed by atoms with E-state index in [-0.39, 0.29) is 11.8 Å². The van der Waals surface area contributed by atoms with E-state index in [1.807, 2.05) is 12.1 Å². The Balaban J connectivity index is 2.10. The number of rotatable bonds is 4. The van der Waals surface area contributed by atoms with Crippen LogP contribution in [0.4, 0.5) is 0 Å². The van der Waals surface area contributed by atoms with Gasteiger partial charge in [-0.25, -0.2) is 0 Å². The van der Waals surface area contributed by atoms with Crippen LogP contribution < -0.4 is 0 Å². The number of morpholine rings is 1. The monoisotopic (exact) mass is 223 g/mol. The normalized spacial score (nSPS) is 19.6. The van der Waals surface area contributed by atoms with Crippen LogP contribution in [0.5, 0.6) is 0 Å². The van der Waals surface area contributed by atoms with Crippen LogP contribution >= 0.6 is 0 Å². The van der Waals surface area contributed by atoms with Gasteiger partial charge in [-0.05, 0) is 19.1 Å². The highest BCUT2D eigenvalue weighted by Crippen LogP contribution is 2.25. The largest absolute Gasteiger partial charge is 0.468 e. The fraction of sp³-hybridized carbons (Fsp3) is 0.583. The van der Waals surface area contributed by atoms with Gasteiger partial charge in [-0.15, -0.1) is 0 Å². The molecule has 0 aromatic carbocycles. The summed E-state index contributed by atoms with van der Waals surface area (Å²) in [5, 5.41) is 0. The minimum Gasteiger partial charge on any atom is -0.468 e. The molecule has 2 rings (SSSR count). The number of Topliss-reactive ketones (excluding diaryl/α,β-unsaturated/α-hetero) is 1. The minimum atomic E-state index is 0.0661. The van der Waals surface area contributed by atoms with Gasteiger partial charge in [-0.1, -0.05) is 0 Å². The lowest BCUT2D eigenvalue weighted by Gasteiger charge is -2.32. The van der Waals surface area contributed by atoms with E-state index in [9.17, 15) is 4.79 Å². The Morgan fingerprint density at radius 3 is 2.81 bits per heavy atom. The highest BCUT2D eigenvalue weighted by Gasteiger charge is 2.25. The van der Waals surface area contributed by atoms with E-state index < -0.39 is 0 Å². The Morgan fingerprint density at radius 1 is 1.50 bits per heavy atom. The first kappa shape index (κ1) is 11.4. The standard InChI is InChI=1S/C12H17NO3/c1-10(14)9-11(12-3-2-6-16-12)13-4-7-15-8-5-13/h2-3,6,11H,4-5,7-9H2,1H3. The third-order valence-electron chi connectivity index (χ3n) is 2.84. The van der Waals surface area contributed by atoms with Crippen LogP contribution in [0.1, 0.15) is 25.1 Å². The predicted octanol–water partition coefficient (Wildman–Crippen LogP) is 1.63. The van der Waals surface area contributed by atoms with Crippen molar-refractivity contribution in [3.63, 3.8) is 0 Å². The van der Waals surface area contributed by atoms with Crippen molar-refractivity contribution in [1.29, 1.82) is 0 Å². The van der Waals surface area contributed by atoms with Crippen molar-refractivity contribution in [2.45, 2.75) is 19.4 Å². The van der Waals surface area contributed by atoms with Crippen LogP contribution in [0.3, 0.4) is 0 Å². The van der Waals surface area contributed by atoms with Crippen molar-refractivity contribution >= 4 is 5.78 Å². The number of hydrogen-bond acceptors (Lipinski definition) is 4. The zero-order valence-electron chi connectivity index (χ0n) is 9.52. The topological polar surface area (TPSA) is 42.7 Å². The van der Waals surface area contributed by atoms with Gasteiger partial charge < -0.3 is 9.15 Å². The molecule has 1 fully saturated rings. The first-order chi connectivity index (χ1) is 7.77. The third kappa shape index (κ3) is 2.71. The zero-order valence-corrected chi connectivity index (χ0v) is 9.52. The first-order valence-electron chi connectivity index (χ1n) is 5.62. The quantitative estimate of drug-likeness (QED) is 0.778. The van der Waals surface area contributed by atoms with Gasteiger partial charge in [0.1, 0.15) is 11.5 Å². The number of ether oxygens (including phenoxy) is 1. The number of nitrogens with zero attached hydrogens (tertiary/aromatic N) is 1. The molecular formula is C12H17NO3. The summed E-state index contributed by atoms with van der Waals surface area (Å²) in [6.45, 7) is 4.80. The van der Waals surface area contributed by atoms with E-state index in [1.165, 1.54) is 0 Å². The summed E-state index contributed by atoms with van der Waals surface area (Å²) in [4.78, 5) is 13.5. The van der Waals surface area contributed by atoms with Crippen LogP contribution in [0.2, 0.25) is 0 Å². The van der Waals surface area contributed by atoms with Gasteiger partial charge in [0.2, 0.25) is 0 Å². The van der Waals surface area contributed by atoms with E-state index in [2.05, 4.69) is 4.90 Å². The number of carbonyl (C=O) groups is 1. The van der Waals surface area contributed by atoms with Crippen molar-refractivity contribution in [3.05, 3.63) is 24.2 Å². The fourth-order valence-corrected chi connectivity index (χ4v) is 2.05. The second kappa shape index (κ2) is 5.27. The maximum atomic E-state index is 11.3. The summed E-state index contributed by atoms with van der Waals surface area (Å²) in [6.07, 6.45) is 2.16.